The van der Waals surface area contributed by atoms with E-state index in [0.29, 0.717) is 31.8 Å². The molecule has 0 saturated carbocycles. The monoisotopic (exact) mass is 430 g/mol. The number of fused-ring (bicyclic) bond motifs is 1. The molecule has 28 heavy (non-hydrogen) atoms. The SMILES string of the molecule is CC(N=C1NS(=O)(=O)c2ccccc21)C(=O)N1CCC(OCCCN)CC1.Cl. The number of rotatable bonds is 6. The number of hydrogen-bond acceptors (Lipinski definition) is 6. The summed E-state index contributed by atoms with van der Waals surface area (Å²) in [6.45, 7) is 4.18. The number of hydrogen-bond donors (Lipinski definition) is 2. The molecule has 1 atom stereocenters. The van der Waals surface area contributed by atoms with E-state index in [9.17, 15) is 13.2 Å². The lowest BCUT2D eigenvalue weighted by atomic mass is 10.1. The van der Waals surface area contributed by atoms with Crippen molar-refractivity contribution in [1.29, 1.82) is 0 Å². The lowest BCUT2D eigenvalue weighted by Crippen LogP contribution is -2.44. The maximum atomic E-state index is 12.7. The predicted octanol–water partition coefficient (Wildman–Crippen LogP) is 0.892. The Kier molecular flexibility index (Phi) is 7.82. The normalized spacial score (nSPS) is 20.9. The third-order valence-corrected chi connectivity index (χ3v) is 6.20. The second-order valence-corrected chi connectivity index (χ2v) is 8.44. The summed E-state index contributed by atoms with van der Waals surface area (Å²) in [5.41, 5.74) is 5.97. The second-order valence-electron chi connectivity index (χ2n) is 6.79. The maximum absolute atomic E-state index is 12.7. The number of carbonyl (C=O) groups excluding carboxylic acids is 1. The Bertz CT molecular complexity index is 823. The van der Waals surface area contributed by atoms with Crippen LogP contribution in [0.3, 0.4) is 0 Å². The summed E-state index contributed by atoms with van der Waals surface area (Å²) >= 11 is 0. The van der Waals surface area contributed by atoms with Crippen LogP contribution in [0.15, 0.2) is 34.2 Å². The van der Waals surface area contributed by atoms with E-state index in [-0.39, 0.29) is 35.1 Å². The molecule has 0 bridgehead atoms. The molecule has 2 heterocycles. The minimum absolute atomic E-state index is 0. The van der Waals surface area contributed by atoms with E-state index in [4.69, 9.17) is 10.5 Å². The van der Waals surface area contributed by atoms with Crippen molar-refractivity contribution in [2.24, 2.45) is 10.7 Å². The number of benzene rings is 1. The van der Waals surface area contributed by atoms with Crippen molar-refractivity contribution in [3.8, 4) is 0 Å². The highest BCUT2D eigenvalue weighted by Gasteiger charge is 2.32. The quantitative estimate of drug-likeness (QED) is 0.650. The standard InChI is InChI=1S/C18H26N4O4S.ClH/c1-13(18(23)22-10-7-14(8-11-22)26-12-4-9-19)20-17-15-5-2-3-6-16(15)27(24,25)21-17;/h2-3,5-6,13-14H,4,7-12,19H2,1H3,(H,20,21);1H. The fourth-order valence-corrected chi connectivity index (χ4v) is 4.56. The zero-order chi connectivity index (χ0) is 19.4. The van der Waals surface area contributed by atoms with Gasteiger partial charge >= 0.3 is 0 Å². The highest BCUT2D eigenvalue weighted by molar-refractivity contribution is 7.90. The van der Waals surface area contributed by atoms with Crippen molar-refractivity contribution >= 4 is 34.2 Å². The van der Waals surface area contributed by atoms with Crippen LogP contribution in [0.4, 0.5) is 0 Å². The molecular formula is C18H27ClN4O4S. The van der Waals surface area contributed by atoms with Gasteiger partial charge in [0.25, 0.3) is 10.0 Å². The van der Waals surface area contributed by atoms with Gasteiger partial charge in [-0.25, -0.2) is 8.42 Å². The summed E-state index contributed by atoms with van der Waals surface area (Å²) < 4.78 is 32.5. The first kappa shape index (κ1) is 22.6. The van der Waals surface area contributed by atoms with Gasteiger partial charge < -0.3 is 15.4 Å². The zero-order valence-electron chi connectivity index (χ0n) is 15.8. The number of nitrogens with two attached hydrogens (primary N) is 1. The van der Waals surface area contributed by atoms with Gasteiger partial charge in [-0.2, -0.15) is 0 Å². The summed E-state index contributed by atoms with van der Waals surface area (Å²) in [6, 6.07) is 5.96. The van der Waals surface area contributed by atoms with Crippen LogP contribution in [0.2, 0.25) is 0 Å². The van der Waals surface area contributed by atoms with Gasteiger partial charge in [0.2, 0.25) is 5.91 Å². The van der Waals surface area contributed by atoms with Crippen LogP contribution < -0.4 is 10.5 Å². The topological polar surface area (TPSA) is 114 Å². The minimum Gasteiger partial charge on any atom is -0.378 e. The van der Waals surface area contributed by atoms with E-state index in [1.807, 2.05) is 0 Å². The first-order valence-corrected chi connectivity index (χ1v) is 10.7. The summed E-state index contributed by atoms with van der Waals surface area (Å²) in [6.07, 6.45) is 2.57. The van der Waals surface area contributed by atoms with Gasteiger partial charge in [0.15, 0.2) is 0 Å². The molecule has 3 N–H and O–H groups in total. The molecule has 1 unspecified atom stereocenters. The minimum atomic E-state index is -3.60. The summed E-state index contributed by atoms with van der Waals surface area (Å²) in [5, 5.41) is 0. The van der Waals surface area contributed by atoms with Crippen molar-refractivity contribution in [3.63, 3.8) is 0 Å². The molecule has 2 aliphatic rings. The van der Waals surface area contributed by atoms with Crippen LogP contribution in [0.1, 0.15) is 31.7 Å². The van der Waals surface area contributed by atoms with Gasteiger partial charge in [-0.1, -0.05) is 12.1 Å². The first-order chi connectivity index (χ1) is 12.9. The number of aliphatic imine (C=N–C) groups is 1. The van der Waals surface area contributed by atoms with E-state index < -0.39 is 16.1 Å². The Morgan fingerprint density at radius 1 is 1.36 bits per heavy atom. The van der Waals surface area contributed by atoms with Crippen molar-refractivity contribution in [1.82, 2.24) is 9.62 Å². The smallest absolute Gasteiger partial charge is 0.263 e. The van der Waals surface area contributed by atoms with E-state index >= 15 is 0 Å². The molecule has 10 heteroatoms. The predicted molar refractivity (Wildman–Crippen MR) is 109 cm³/mol. The van der Waals surface area contributed by atoms with Crippen molar-refractivity contribution in [3.05, 3.63) is 29.8 Å². The zero-order valence-corrected chi connectivity index (χ0v) is 17.5. The number of amidine groups is 1. The van der Waals surface area contributed by atoms with Gasteiger partial charge in [-0.15, -0.1) is 12.4 Å². The van der Waals surface area contributed by atoms with E-state index in [2.05, 4.69) is 9.71 Å². The van der Waals surface area contributed by atoms with Crippen LogP contribution in [0.25, 0.3) is 0 Å². The number of sulfonamides is 1. The molecule has 156 valence electrons. The third-order valence-electron chi connectivity index (χ3n) is 4.80. The van der Waals surface area contributed by atoms with Crippen LogP contribution in [-0.2, 0) is 19.6 Å². The van der Waals surface area contributed by atoms with Crippen LogP contribution in [0.5, 0.6) is 0 Å². The number of piperidine rings is 1. The van der Waals surface area contributed by atoms with Crippen LogP contribution >= 0.6 is 12.4 Å². The average Bonchev–Trinajstić information content (AvgIpc) is 2.92. The molecule has 2 aliphatic heterocycles. The van der Waals surface area contributed by atoms with Crippen molar-refractivity contribution < 1.29 is 17.9 Å². The van der Waals surface area contributed by atoms with Crippen LogP contribution in [-0.4, -0.2) is 63.4 Å². The molecule has 1 aromatic rings. The Hall–Kier alpha value is -1.68. The number of halogens is 1. The molecule has 0 aliphatic carbocycles. The molecule has 8 nitrogen and oxygen atoms in total. The fourth-order valence-electron chi connectivity index (χ4n) is 3.32. The fraction of sp³-hybridized carbons (Fsp3) is 0.556. The summed E-state index contributed by atoms with van der Waals surface area (Å²) in [7, 11) is -3.60. The molecule has 1 aromatic carbocycles. The molecule has 3 rings (SSSR count). The van der Waals surface area contributed by atoms with Crippen molar-refractivity contribution in [2.45, 2.75) is 43.2 Å². The van der Waals surface area contributed by atoms with Gasteiger partial charge in [0, 0.05) is 25.3 Å². The van der Waals surface area contributed by atoms with Gasteiger partial charge in [0.05, 0.1) is 11.0 Å². The van der Waals surface area contributed by atoms with Gasteiger partial charge in [-0.3, -0.25) is 14.5 Å². The highest BCUT2D eigenvalue weighted by Crippen LogP contribution is 2.23. The Labute approximate surface area is 172 Å². The molecule has 1 amide bonds. The Morgan fingerprint density at radius 3 is 2.71 bits per heavy atom. The largest absolute Gasteiger partial charge is 0.378 e. The second kappa shape index (κ2) is 9.69. The first-order valence-electron chi connectivity index (χ1n) is 9.23. The molecule has 0 radical (unpaired) electrons. The Balaban J connectivity index is 0.00000280. The number of likely N-dealkylation sites (tertiary alicyclic amines) is 1. The molecule has 1 fully saturated rings. The van der Waals surface area contributed by atoms with Crippen LogP contribution in [0, 0.1) is 0 Å². The van der Waals surface area contributed by atoms with Gasteiger partial charge in [-0.05, 0) is 44.9 Å². The molecule has 0 spiro atoms. The van der Waals surface area contributed by atoms with E-state index in [1.165, 1.54) is 6.07 Å². The third kappa shape index (κ3) is 5.02. The van der Waals surface area contributed by atoms with E-state index in [0.717, 1.165) is 19.3 Å². The lowest BCUT2D eigenvalue weighted by molar-refractivity contribution is -0.134. The average molecular weight is 431 g/mol. The molecular weight excluding hydrogens is 404 g/mol. The van der Waals surface area contributed by atoms with Crippen molar-refractivity contribution in [2.75, 3.05) is 26.2 Å². The molecule has 0 aromatic heterocycles. The number of amides is 1. The summed E-state index contributed by atoms with van der Waals surface area (Å²) in [5.74, 6) is 0.123. The summed E-state index contributed by atoms with van der Waals surface area (Å²) in [4.78, 5) is 19.0. The van der Waals surface area contributed by atoms with E-state index in [1.54, 1.807) is 30.0 Å². The highest BCUT2D eigenvalue weighted by atomic mass is 35.5. The number of nitrogens with zero attached hydrogens (tertiary/aromatic N) is 2. The molecule has 1 saturated heterocycles. The van der Waals surface area contributed by atoms with Gasteiger partial charge in [0.1, 0.15) is 11.9 Å². The number of carbonyl (C=O) groups is 1. The number of ether oxygens (including phenoxy) is 1. The lowest BCUT2D eigenvalue weighted by Gasteiger charge is -2.33. The maximum Gasteiger partial charge on any atom is 0.263 e. The number of nitrogens with one attached hydrogen (secondary N) is 1. The Morgan fingerprint density at radius 2 is 2.04 bits per heavy atom.